The molecule has 1 unspecified atom stereocenters. The summed E-state index contributed by atoms with van der Waals surface area (Å²) in [6.07, 6.45) is -0.126. The highest BCUT2D eigenvalue weighted by Gasteiger charge is 2.24. The molecule has 1 aromatic rings. The summed E-state index contributed by atoms with van der Waals surface area (Å²) in [5.74, 6) is 0. The Bertz CT molecular complexity index is 569. The zero-order valence-corrected chi connectivity index (χ0v) is 13.3. The number of rotatable bonds is 5. The number of nitrogen functional groups attached to an aromatic ring is 1. The van der Waals surface area contributed by atoms with Gasteiger partial charge in [0.05, 0.1) is 18.4 Å². The van der Waals surface area contributed by atoms with Crippen LogP contribution in [0, 0.1) is 6.92 Å². The Morgan fingerprint density at radius 1 is 1.48 bits per heavy atom. The number of benzene rings is 1. The third kappa shape index (κ3) is 3.94. The fourth-order valence-electron chi connectivity index (χ4n) is 2.51. The van der Waals surface area contributed by atoms with E-state index in [9.17, 15) is 8.42 Å². The van der Waals surface area contributed by atoms with E-state index in [0.29, 0.717) is 12.2 Å². The third-order valence-corrected chi connectivity index (χ3v) is 5.32. The van der Waals surface area contributed by atoms with Crippen LogP contribution < -0.4 is 10.5 Å². The second-order valence-electron chi connectivity index (χ2n) is 5.23. The van der Waals surface area contributed by atoms with Gasteiger partial charge in [-0.05, 0) is 25.1 Å². The lowest BCUT2D eigenvalue weighted by atomic mass is 10.2. The summed E-state index contributed by atoms with van der Waals surface area (Å²) in [5, 5.41) is 0. The van der Waals surface area contributed by atoms with E-state index in [4.69, 9.17) is 10.5 Å². The van der Waals surface area contributed by atoms with Gasteiger partial charge >= 0.3 is 0 Å². The minimum Gasteiger partial charge on any atom is -0.398 e. The maximum Gasteiger partial charge on any atom is 0.242 e. The summed E-state index contributed by atoms with van der Waals surface area (Å²) in [7, 11) is -3.62. The summed E-state index contributed by atoms with van der Waals surface area (Å²) in [4.78, 5) is 2.40. The number of nitrogens with zero attached hydrogens (tertiary/aromatic N) is 1. The normalized spacial score (nSPS) is 20.6. The minimum absolute atomic E-state index is 0.126. The van der Waals surface area contributed by atoms with Crippen molar-refractivity contribution in [2.24, 2.45) is 0 Å². The highest BCUT2D eigenvalue weighted by molar-refractivity contribution is 7.89. The number of morpholine rings is 1. The first-order valence-electron chi connectivity index (χ1n) is 7.12. The quantitative estimate of drug-likeness (QED) is 0.777. The van der Waals surface area contributed by atoms with Crippen LogP contribution in [0.4, 0.5) is 5.69 Å². The Kier molecular flexibility index (Phi) is 5.21. The van der Waals surface area contributed by atoms with Crippen LogP contribution in [0.25, 0.3) is 0 Å². The topological polar surface area (TPSA) is 84.7 Å². The van der Waals surface area contributed by atoms with Crippen molar-refractivity contribution in [2.75, 3.05) is 38.5 Å². The average molecular weight is 313 g/mol. The Labute approximate surface area is 126 Å². The summed E-state index contributed by atoms with van der Waals surface area (Å²) in [5.41, 5.74) is 6.71. The van der Waals surface area contributed by atoms with Crippen molar-refractivity contribution < 1.29 is 13.2 Å². The predicted octanol–water partition coefficient (Wildman–Crippen LogP) is 0.576. The van der Waals surface area contributed by atoms with Gasteiger partial charge in [0.2, 0.25) is 10.0 Å². The largest absolute Gasteiger partial charge is 0.398 e. The van der Waals surface area contributed by atoms with Gasteiger partial charge in [0.25, 0.3) is 0 Å². The molecule has 1 heterocycles. The molecule has 0 amide bonds. The van der Waals surface area contributed by atoms with E-state index in [0.717, 1.165) is 19.6 Å². The van der Waals surface area contributed by atoms with Crippen molar-refractivity contribution in [3.8, 4) is 0 Å². The first kappa shape index (κ1) is 16.2. The highest BCUT2D eigenvalue weighted by Crippen LogP contribution is 2.22. The van der Waals surface area contributed by atoms with E-state index >= 15 is 0 Å². The molecule has 1 saturated heterocycles. The first-order chi connectivity index (χ1) is 9.94. The van der Waals surface area contributed by atoms with Crippen LogP contribution in [0.3, 0.4) is 0 Å². The maximum absolute atomic E-state index is 12.4. The van der Waals surface area contributed by atoms with Gasteiger partial charge in [0.1, 0.15) is 4.90 Å². The van der Waals surface area contributed by atoms with Crippen molar-refractivity contribution >= 4 is 15.7 Å². The molecule has 0 bridgehead atoms. The van der Waals surface area contributed by atoms with Crippen LogP contribution >= 0.6 is 0 Å². The molecule has 0 aliphatic carbocycles. The number of sulfonamides is 1. The zero-order chi connectivity index (χ0) is 15.5. The third-order valence-electron chi connectivity index (χ3n) is 3.68. The molecule has 118 valence electrons. The number of hydrogen-bond acceptors (Lipinski definition) is 5. The van der Waals surface area contributed by atoms with Gasteiger partial charge in [0.15, 0.2) is 0 Å². The van der Waals surface area contributed by atoms with Crippen LogP contribution in [-0.4, -0.2) is 52.2 Å². The molecular weight excluding hydrogens is 290 g/mol. The zero-order valence-electron chi connectivity index (χ0n) is 12.5. The molecule has 0 saturated carbocycles. The van der Waals surface area contributed by atoms with Gasteiger partial charge in [-0.2, -0.15) is 0 Å². The standard InChI is InChI=1S/C14H23N3O3S/c1-3-17-7-8-20-12(10-17)9-16-21(18,19)14-11(2)5-4-6-13(14)15/h4-6,12,16H,3,7-10,15H2,1-2H3. The van der Waals surface area contributed by atoms with E-state index in [1.807, 2.05) is 0 Å². The lowest BCUT2D eigenvalue weighted by molar-refractivity contribution is -0.0229. The number of ether oxygens (including phenoxy) is 1. The van der Waals surface area contributed by atoms with Gasteiger partial charge in [-0.25, -0.2) is 13.1 Å². The Hall–Kier alpha value is -1.15. The SMILES string of the molecule is CCN1CCOC(CNS(=O)(=O)c2c(C)cccc2N)C1. The summed E-state index contributed by atoms with van der Waals surface area (Å²) in [6, 6.07) is 5.07. The van der Waals surface area contributed by atoms with E-state index in [1.54, 1.807) is 25.1 Å². The molecule has 2 rings (SSSR count). The molecule has 3 N–H and O–H groups in total. The van der Waals surface area contributed by atoms with Crippen molar-refractivity contribution in [3.63, 3.8) is 0 Å². The lowest BCUT2D eigenvalue weighted by Gasteiger charge is -2.32. The van der Waals surface area contributed by atoms with E-state index in [-0.39, 0.29) is 23.2 Å². The molecule has 0 radical (unpaired) electrons. The molecule has 1 aliphatic heterocycles. The van der Waals surface area contributed by atoms with Crippen LogP contribution in [0.2, 0.25) is 0 Å². The van der Waals surface area contributed by atoms with Gasteiger partial charge in [-0.15, -0.1) is 0 Å². The predicted molar refractivity (Wildman–Crippen MR) is 82.6 cm³/mol. The Morgan fingerprint density at radius 2 is 2.24 bits per heavy atom. The molecule has 1 aliphatic rings. The molecular formula is C14H23N3O3S. The van der Waals surface area contributed by atoms with Crippen molar-refractivity contribution in [1.82, 2.24) is 9.62 Å². The average Bonchev–Trinajstić information content (AvgIpc) is 2.45. The molecule has 0 spiro atoms. The summed E-state index contributed by atoms with van der Waals surface area (Å²) < 4.78 is 33.0. The summed E-state index contributed by atoms with van der Waals surface area (Å²) in [6.45, 7) is 7.28. The highest BCUT2D eigenvalue weighted by atomic mass is 32.2. The number of nitrogens with one attached hydrogen (secondary N) is 1. The molecule has 6 nitrogen and oxygen atoms in total. The summed E-state index contributed by atoms with van der Waals surface area (Å²) >= 11 is 0. The second kappa shape index (κ2) is 6.74. The second-order valence-corrected chi connectivity index (χ2v) is 6.93. The molecule has 0 aromatic heterocycles. The van der Waals surface area contributed by atoms with E-state index < -0.39 is 10.0 Å². The molecule has 1 atom stereocenters. The number of anilines is 1. The van der Waals surface area contributed by atoms with Crippen LogP contribution in [0.5, 0.6) is 0 Å². The fraction of sp³-hybridized carbons (Fsp3) is 0.571. The van der Waals surface area contributed by atoms with Crippen molar-refractivity contribution in [2.45, 2.75) is 24.8 Å². The lowest BCUT2D eigenvalue weighted by Crippen LogP contribution is -2.47. The van der Waals surface area contributed by atoms with E-state index in [1.165, 1.54) is 0 Å². The van der Waals surface area contributed by atoms with Gasteiger partial charge in [0, 0.05) is 19.6 Å². The first-order valence-corrected chi connectivity index (χ1v) is 8.61. The van der Waals surface area contributed by atoms with Crippen LogP contribution in [0.1, 0.15) is 12.5 Å². The van der Waals surface area contributed by atoms with Crippen LogP contribution in [0.15, 0.2) is 23.1 Å². The number of hydrogen-bond donors (Lipinski definition) is 2. The number of aryl methyl sites for hydroxylation is 1. The maximum atomic E-state index is 12.4. The van der Waals surface area contributed by atoms with E-state index in [2.05, 4.69) is 16.5 Å². The van der Waals surface area contributed by atoms with Gasteiger partial charge in [-0.1, -0.05) is 19.1 Å². The smallest absolute Gasteiger partial charge is 0.242 e. The monoisotopic (exact) mass is 313 g/mol. The minimum atomic E-state index is -3.62. The Morgan fingerprint density at radius 3 is 2.90 bits per heavy atom. The van der Waals surface area contributed by atoms with Gasteiger partial charge in [-0.3, -0.25) is 4.90 Å². The molecule has 1 fully saturated rings. The van der Waals surface area contributed by atoms with Gasteiger partial charge < -0.3 is 10.5 Å². The molecule has 1 aromatic carbocycles. The fourth-order valence-corrected chi connectivity index (χ4v) is 3.93. The van der Waals surface area contributed by atoms with Crippen LogP contribution in [-0.2, 0) is 14.8 Å². The molecule has 7 heteroatoms. The number of nitrogens with two attached hydrogens (primary N) is 1. The van der Waals surface area contributed by atoms with Crippen molar-refractivity contribution in [1.29, 1.82) is 0 Å². The number of likely N-dealkylation sites (N-methyl/N-ethyl adjacent to an activating group) is 1. The Balaban J connectivity index is 2.05. The molecule has 21 heavy (non-hydrogen) atoms. The van der Waals surface area contributed by atoms with Crippen molar-refractivity contribution in [3.05, 3.63) is 23.8 Å².